The summed E-state index contributed by atoms with van der Waals surface area (Å²) in [6, 6.07) is 4.36. The Morgan fingerprint density at radius 3 is 2.26 bits per heavy atom. The van der Waals surface area contributed by atoms with E-state index in [-0.39, 0.29) is 7.25 Å². The summed E-state index contributed by atoms with van der Waals surface area (Å²) >= 11 is -3.29. The number of benzene rings is 1. The van der Waals surface area contributed by atoms with Crippen LogP contribution in [0.4, 0.5) is 0 Å². The van der Waals surface area contributed by atoms with Crippen LogP contribution in [0.25, 0.3) is 6.08 Å². The van der Waals surface area contributed by atoms with Gasteiger partial charge in [-0.05, 0) is 0 Å². The Labute approximate surface area is 126 Å². The van der Waals surface area contributed by atoms with E-state index in [1.807, 2.05) is 0 Å². The molecule has 0 heterocycles. The predicted octanol–water partition coefficient (Wildman–Crippen LogP) is 5.75. The number of aryl methyl sites for hydroxylation is 2. The van der Waals surface area contributed by atoms with Gasteiger partial charge in [0.1, 0.15) is 0 Å². The third-order valence-electron chi connectivity index (χ3n) is 4.10. The fourth-order valence-electron chi connectivity index (χ4n) is 2.99. The first-order valence-electron chi connectivity index (χ1n) is 6.53. The molecule has 0 fully saturated rings. The number of hydrogen-bond acceptors (Lipinski definition) is 0. The zero-order valence-corrected chi connectivity index (χ0v) is 15.0. The van der Waals surface area contributed by atoms with Crippen LogP contribution in [0.1, 0.15) is 25.9 Å². The molecule has 1 aromatic carbocycles. The summed E-state index contributed by atoms with van der Waals surface area (Å²) in [4.78, 5) is 0. The molecule has 0 amide bonds. The number of halogens is 2. The van der Waals surface area contributed by atoms with E-state index < -0.39 is 17.9 Å². The summed E-state index contributed by atoms with van der Waals surface area (Å²) in [5, 5.41) is 0. The first-order valence-corrected chi connectivity index (χ1v) is 15.7. The van der Waals surface area contributed by atoms with Gasteiger partial charge in [-0.1, -0.05) is 0 Å². The van der Waals surface area contributed by atoms with E-state index in [1.54, 1.807) is 0 Å². The molecule has 0 aromatic heterocycles. The first kappa shape index (κ1) is 13.9. The number of fused-ring (bicyclic) bond motifs is 1. The molecule has 0 saturated carbocycles. The number of rotatable bonds is 2. The summed E-state index contributed by atoms with van der Waals surface area (Å²) in [5.41, 5.74) is 5.32. The van der Waals surface area contributed by atoms with Gasteiger partial charge < -0.3 is 0 Å². The molecule has 2 aliphatic rings. The molecule has 0 nitrogen and oxygen atoms in total. The quantitative estimate of drug-likeness (QED) is 0.622. The third kappa shape index (κ3) is 2.25. The van der Waals surface area contributed by atoms with Gasteiger partial charge in [0.2, 0.25) is 0 Å². The standard InChI is InChI=1S/C11H11.C5H5.2ClH.Zr/c1-8-6-7-9(2)11-5-3-4-10(8)11;1-2-4-5-3-1;;;/h3-7H,1-2H3;1-5H;2*1H;/q;;;;+2/p-2. The molecular weight excluding hydrogens is 354 g/mol. The predicted molar refractivity (Wildman–Crippen MR) is 81.4 cm³/mol. The Bertz CT molecular complexity index is 599. The van der Waals surface area contributed by atoms with Gasteiger partial charge in [-0.15, -0.1) is 0 Å². The molecule has 1 unspecified atom stereocenters. The van der Waals surface area contributed by atoms with Gasteiger partial charge in [-0.25, -0.2) is 0 Å². The van der Waals surface area contributed by atoms with Crippen molar-refractivity contribution in [3.05, 3.63) is 64.8 Å². The average Bonchev–Trinajstić information content (AvgIpc) is 3.02. The summed E-state index contributed by atoms with van der Waals surface area (Å²) in [6.07, 6.45) is 12.9. The molecule has 0 saturated heterocycles. The van der Waals surface area contributed by atoms with Crippen molar-refractivity contribution in [3.63, 3.8) is 0 Å². The van der Waals surface area contributed by atoms with Crippen molar-refractivity contribution >= 4 is 23.1 Å². The van der Waals surface area contributed by atoms with Gasteiger partial charge >= 0.3 is 127 Å². The molecule has 19 heavy (non-hydrogen) atoms. The van der Waals surface area contributed by atoms with Crippen molar-refractivity contribution in [1.29, 1.82) is 0 Å². The van der Waals surface area contributed by atoms with Gasteiger partial charge in [0.15, 0.2) is 0 Å². The zero-order chi connectivity index (χ0) is 13.6. The van der Waals surface area contributed by atoms with E-state index in [0.29, 0.717) is 0 Å². The maximum absolute atomic E-state index is 6.92. The van der Waals surface area contributed by atoms with Crippen LogP contribution in [-0.4, -0.2) is 0 Å². The Kier molecular flexibility index (Phi) is 3.67. The van der Waals surface area contributed by atoms with Crippen molar-refractivity contribution in [1.82, 2.24) is 0 Å². The third-order valence-corrected chi connectivity index (χ3v) is 16.2. The summed E-state index contributed by atoms with van der Waals surface area (Å²) in [5.74, 6) is 0. The molecule has 2 aliphatic carbocycles. The second kappa shape index (κ2) is 5.03. The van der Waals surface area contributed by atoms with Crippen molar-refractivity contribution < 1.29 is 17.9 Å². The first-order chi connectivity index (χ1) is 9.01. The van der Waals surface area contributed by atoms with Gasteiger partial charge in [0, 0.05) is 0 Å². The van der Waals surface area contributed by atoms with Crippen LogP contribution in [-0.2, 0) is 17.9 Å². The molecule has 1 aromatic rings. The van der Waals surface area contributed by atoms with Gasteiger partial charge in [0.25, 0.3) is 0 Å². The van der Waals surface area contributed by atoms with E-state index in [0.717, 1.165) is 0 Å². The van der Waals surface area contributed by atoms with Crippen molar-refractivity contribution in [2.75, 3.05) is 0 Å². The van der Waals surface area contributed by atoms with E-state index in [2.05, 4.69) is 62.4 Å². The van der Waals surface area contributed by atoms with Crippen LogP contribution in [0.15, 0.2) is 42.5 Å². The Hall–Kier alpha value is -0.0969. The minimum atomic E-state index is -3.29. The monoisotopic (exact) mass is 368 g/mol. The topological polar surface area (TPSA) is 0 Å². The van der Waals surface area contributed by atoms with Gasteiger partial charge in [0.05, 0.1) is 0 Å². The number of allylic oxidation sites excluding steroid dienone is 5. The molecule has 3 rings (SSSR count). The van der Waals surface area contributed by atoms with Gasteiger partial charge in [-0.2, -0.15) is 0 Å². The zero-order valence-electron chi connectivity index (χ0n) is 11.0. The van der Waals surface area contributed by atoms with Crippen LogP contribution in [0, 0.1) is 13.8 Å². The Morgan fingerprint density at radius 1 is 0.947 bits per heavy atom. The van der Waals surface area contributed by atoms with Crippen LogP contribution in [0.3, 0.4) is 0 Å². The summed E-state index contributed by atoms with van der Waals surface area (Å²) in [7, 11) is 13.8. The minimum absolute atomic E-state index is 0.255. The van der Waals surface area contributed by atoms with Crippen molar-refractivity contribution in [2.45, 2.75) is 21.1 Å². The van der Waals surface area contributed by atoms with Crippen LogP contribution in [0.2, 0.25) is 3.63 Å². The molecule has 98 valence electrons. The molecule has 0 N–H and O–H groups in total. The van der Waals surface area contributed by atoms with Gasteiger partial charge in [-0.3, -0.25) is 0 Å². The Morgan fingerprint density at radius 2 is 1.58 bits per heavy atom. The second-order valence-electron chi connectivity index (χ2n) is 5.33. The SMILES string of the molecule is Cc1ccc(C)c2c1C=C[CH]2[Zr]([Cl])([Cl])[CH]1C=CC=C1. The molecule has 0 aliphatic heterocycles. The summed E-state index contributed by atoms with van der Waals surface area (Å²) in [6.45, 7) is 4.31. The van der Waals surface area contributed by atoms with E-state index in [1.165, 1.54) is 22.3 Å². The second-order valence-corrected chi connectivity index (χ2v) is 20.4. The van der Waals surface area contributed by atoms with Crippen LogP contribution >= 0.6 is 17.0 Å². The van der Waals surface area contributed by atoms with Crippen LogP contribution < -0.4 is 0 Å². The molecule has 0 spiro atoms. The van der Waals surface area contributed by atoms with E-state index in [4.69, 9.17) is 17.0 Å². The van der Waals surface area contributed by atoms with E-state index >= 15 is 0 Å². The van der Waals surface area contributed by atoms with E-state index in [9.17, 15) is 0 Å². The molecule has 1 atom stereocenters. The average molecular weight is 370 g/mol. The Balaban J connectivity index is 2.07. The molecular formula is C16H16Cl2Zr. The normalized spacial score (nSPS) is 21.4. The maximum atomic E-state index is 6.92. The molecule has 3 heteroatoms. The van der Waals surface area contributed by atoms with Crippen molar-refractivity contribution in [3.8, 4) is 0 Å². The molecule has 0 radical (unpaired) electrons. The fraction of sp³-hybridized carbons (Fsp3) is 0.250. The number of hydrogen-bond donors (Lipinski definition) is 0. The van der Waals surface area contributed by atoms with Crippen LogP contribution in [0.5, 0.6) is 0 Å². The summed E-state index contributed by atoms with van der Waals surface area (Å²) < 4.78 is 0.531. The molecule has 0 bridgehead atoms. The fourth-order valence-corrected chi connectivity index (χ4v) is 12.4. The van der Waals surface area contributed by atoms with Crippen molar-refractivity contribution in [2.24, 2.45) is 0 Å².